The van der Waals surface area contributed by atoms with E-state index in [2.05, 4.69) is 5.32 Å². The SMILES string of the molecule is O=C(O)CNC(=O)C1CCCc2ccccc21. The van der Waals surface area contributed by atoms with Gasteiger partial charge >= 0.3 is 5.97 Å². The molecular weight excluding hydrogens is 218 g/mol. The van der Waals surface area contributed by atoms with E-state index in [1.807, 2.05) is 24.3 Å². The fraction of sp³-hybridized carbons (Fsp3) is 0.385. The van der Waals surface area contributed by atoms with Crippen LogP contribution in [0, 0.1) is 0 Å². The van der Waals surface area contributed by atoms with Crippen LogP contribution in [0.1, 0.15) is 29.9 Å². The van der Waals surface area contributed by atoms with E-state index in [0.717, 1.165) is 24.8 Å². The van der Waals surface area contributed by atoms with Crippen LogP contribution >= 0.6 is 0 Å². The Bertz CT molecular complexity index is 442. The summed E-state index contributed by atoms with van der Waals surface area (Å²) in [6.07, 6.45) is 2.77. The van der Waals surface area contributed by atoms with Crippen molar-refractivity contribution < 1.29 is 14.7 Å². The molecule has 1 aliphatic carbocycles. The molecule has 1 amide bonds. The normalized spacial score (nSPS) is 18.2. The van der Waals surface area contributed by atoms with Crippen molar-refractivity contribution in [1.82, 2.24) is 5.32 Å². The summed E-state index contributed by atoms with van der Waals surface area (Å²) in [7, 11) is 0. The van der Waals surface area contributed by atoms with Crippen molar-refractivity contribution in [2.75, 3.05) is 6.54 Å². The number of hydrogen-bond acceptors (Lipinski definition) is 2. The van der Waals surface area contributed by atoms with Gasteiger partial charge in [0.05, 0.1) is 5.92 Å². The van der Waals surface area contributed by atoms with E-state index in [1.165, 1.54) is 5.56 Å². The van der Waals surface area contributed by atoms with Gasteiger partial charge in [0.25, 0.3) is 0 Å². The number of nitrogens with one attached hydrogen (secondary N) is 1. The second kappa shape index (κ2) is 4.99. The first-order valence-corrected chi connectivity index (χ1v) is 5.76. The predicted octanol–water partition coefficient (Wildman–Crippen LogP) is 1.31. The zero-order chi connectivity index (χ0) is 12.3. The average Bonchev–Trinajstić information content (AvgIpc) is 2.35. The van der Waals surface area contributed by atoms with Crippen LogP contribution in [0.15, 0.2) is 24.3 Å². The van der Waals surface area contributed by atoms with Crippen molar-refractivity contribution in [3.05, 3.63) is 35.4 Å². The van der Waals surface area contributed by atoms with E-state index in [4.69, 9.17) is 5.11 Å². The van der Waals surface area contributed by atoms with Gasteiger partial charge < -0.3 is 10.4 Å². The summed E-state index contributed by atoms with van der Waals surface area (Å²) in [4.78, 5) is 22.3. The molecule has 1 aliphatic rings. The number of carbonyl (C=O) groups is 2. The Morgan fingerprint density at radius 1 is 1.35 bits per heavy atom. The minimum Gasteiger partial charge on any atom is -0.480 e. The average molecular weight is 233 g/mol. The number of benzene rings is 1. The van der Waals surface area contributed by atoms with Crippen molar-refractivity contribution in [3.63, 3.8) is 0 Å². The van der Waals surface area contributed by atoms with E-state index in [0.29, 0.717) is 0 Å². The number of rotatable bonds is 3. The molecule has 4 heteroatoms. The van der Waals surface area contributed by atoms with Crippen LogP contribution < -0.4 is 5.32 Å². The Balaban J connectivity index is 2.12. The molecule has 0 spiro atoms. The highest BCUT2D eigenvalue weighted by atomic mass is 16.4. The highest BCUT2D eigenvalue weighted by Gasteiger charge is 2.26. The van der Waals surface area contributed by atoms with E-state index < -0.39 is 5.97 Å². The van der Waals surface area contributed by atoms with Crippen LogP contribution in [-0.2, 0) is 16.0 Å². The Hall–Kier alpha value is -1.84. The monoisotopic (exact) mass is 233 g/mol. The lowest BCUT2D eigenvalue weighted by molar-refractivity contribution is -0.138. The molecule has 4 nitrogen and oxygen atoms in total. The van der Waals surface area contributed by atoms with Crippen LogP contribution in [0.5, 0.6) is 0 Å². The lowest BCUT2D eigenvalue weighted by atomic mass is 9.82. The molecule has 2 rings (SSSR count). The third-order valence-electron chi connectivity index (χ3n) is 3.10. The van der Waals surface area contributed by atoms with Crippen molar-refractivity contribution in [2.45, 2.75) is 25.2 Å². The van der Waals surface area contributed by atoms with Crippen LogP contribution in [0.2, 0.25) is 0 Å². The first-order chi connectivity index (χ1) is 8.18. The molecule has 0 radical (unpaired) electrons. The number of aryl methyl sites for hydroxylation is 1. The first-order valence-electron chi connectivity index (χ1n) is 5.76. The molecule has 0 aromatic heterocycles. The summed E-state index contributed by atoms with van der Waals surface area (Å²) < 4.78 is 0. The molecule has 0 bridgehead atoms. The van der Waals surface area contributed by atoms with Gasteiger partial charge in [0.2, 0.25) is 5.91 Å². The highest BCUT2D eigenvalue weighted by molar-refractivity contribution is 5.87. The van der Waals surface area contributed by atoms with Crippen molar-refractivity contribution in [2.24, 2.45) is 0 Å². The fourth-order valence-electron chi connectivity index (χ4n) is 2.31. The number of carboxylic acids is 1. The van der Waals surface area contributed by atoms with Crippen molar-refractivity contribution >= 4 is 11.9 Å². The first kappa shape index (κ1) is 11.6. The molecule has 0 aliphatic heterocycles. The van der Waals surface area contributed by atoms with Crippen LogP contribution in [0.3, 0.4) is 0 Å². The quantitative estimate of drug-likeness (QED) is 0.827. The molecule has 90 valence electrons. The van der Waals surface area contributed by atoms with Gasteiger partial charge in [-0.15, -0.1) is 0 Å². The zero-order valence-corrected chi connectivity index (χ0v) is 9.48. The largest absolute Gasteiger partial charge is 0.480 e. The summed E-state index contributed by atoms with van der Waals surface area (Å²) in [5.74, 6) is -1.39. The molecule has 0 saturated carbocycles. The summed E-state index contributed by atoms with van der Waals surface area (Å²) in [6.45, 7) is -0.308. The standard InChI is InChI=1S/C13H15NO3/c15-12(16)8-14-13(17)11-7-3-5-9-4-1-2-6-10(9)11/h1-2,4,6,11H,3,5,7-8H2,(H,14,17)(H,15,16). The number of hydrogen-bond donors (Lipinski definition) is 2. The lowest BCUT2D eigenvalue weighted by Gasteiger charge is -2.24. The van der Waals surface area contributed by atoms with Gasteiger partial charge in [-0.2, -0.15) is 0 Å². The molecule has 0 saturated heterocycles. The molecule has 1 unspecified atom stereocenters. The number of carboxylic acid groups (broad SMARTS) is 1. The molecule has 2 N–H and O–H groups in total. The lowest BCUT2D eigenvalue weighted by Crippen LogP contribution is -2.34. The second-order valence-electron chi connectivity index (χ2n) is 4.26. The zero-order valence-electron chi connectivity index (χ0n) is 9.48. The minimum atomic E-state index is -1.01. The number of aliphatic carboxylic acids is 1. The molecule has 1 aromatic carbocycles. The van der Waals surface area contributed by atoms with Gasteiger partial charge in [0.1, 0.15) is 6.54 Å². The van der Waals surface area contributed by atoms with Gasteiger partial charge in [-0.1, -0.05) is 24.3 Å². The molecule has 0 heterocycles. The maximum atomic E-state index is 11.9. The fourth-order valence-corrected chi connectivity index (χ4v) is 2.31. The third-order valence-corrected chi connectivity index (χ3v) is 3.10. The Labute approximate surface area is 99.6 Å². The summed E-state index contributed by atoms with van der Waals surface area (Å²) >= 11 is 0. The van der Waals surface area contributed by atoms with Crippen molar-refractivity contribution in [3.8, 4) is 0 Å². The minimum absolute atomic E-state index is 0.181. The maximum Gasteiger partial charge on any atom is 0.322 e. The number of amides is 1. The summed E-state index contributed by atoms with van der Waals surface area (Å²) in [5.41, 5.74) is 2.25. The van der Waals surface area contributed by atoms with Crippen LogP contribution in [-0.4, -0.2) is 23.5 Å². The smallest absolute Gasteiger partial charge is 0.322 e. The third kappa shape index (κ3) is 2.64. The van der Waals surface area contributed by atoms with Crippen molar-refractivity contribution in [1.29, 1.82) is 0 Å². The Morgan fingerprint density at radius 3 is 2.88 bits per heavy atom. The molecule has 0 fully saturated rings. The molecule has 1 atom stereocenters. The Morgan fingerprint density at radius 2 is 2.12 bits per heavy atom. The topological polar surface area (TPSA) is 66.4 Å². The molecular formula is C13H15NO3. The van der Waals surface area contributed by atoms with Crippen LogP contribution in [0.4, 0.5) is 0 Å². The Kier molecular flexibility index (Phi) is 3.42. The summed E-state index contributed by atoms with van der Waals surface area (Å²) in [6, 6.07) is 7.88. The van der Waals surface area contributed by atoms with Gasteiger partial charge in [-0.3, -0.25) is 9.59 Å². The van der Waals surface area contributed by atoms with E-state index in [9.17, 15) is 9.59 Å². The van der Waals surface area contributed by atoms with Gasteiger partial charge in [0, 0.05) is 0 Å². The van der Waals surface area contributed by atoms with E-state index in [1.54, 1.807) is 0 Å². The van der Waals surface area contributed by atoms with E-state index in [-0.39, 0.29) is 18.4 Å². The van der Waals surface area contributed by atoms with Crippen LogP contribution in [0.25, 0.3) is 0 Å². The number of fused-ring (bicyclic) bond motifs is 1. The van der Waals surface area contributed by atoms with Gasteiger partial charge in [-0.05, 0) is 30.4 Å². The van der Waals surface area contributed by atoms with E-state index >= 15 is 0 Å². The maximum absolute atomic E-state index is 11.9. The van der Waals surface area contributed by atoms with Gasteiger partial charge in [-0.25, -0.2) is 0 Å². The van der Waals surface area contributed by atoms with Gasteiger partial charge in [0.15, 0.2) is 0 Å². The second-order valence-corrected chi connectivity index (χ2v) is 4.26. The predicted molar refractivity (Wildman–Crippen MR) is 62.8 cm³/mol. The molecule has 17 heavy (non-hydrogen) atoms. The number of carbonyl (C=O) groups excluding carboxylic acids is 1. The molecule has 1 aromatic rings. The summed E-state index contributed by atoms with van der Waals surface area (Å²) in [5, 5.41) is 11.0. The highest BCUT2D eigenvalue weighted by Crippen LogP contribution is 2.31.